The first-order chi connectivity index (χ1) is 11.4. The zero-order chi connectivity index (χ0) is 17.7. The minimum Gasteiger partial charge on any atom is -0.382 e. The second kappa shape index (κ2) is 7.81. The zero-order valence-corrected chi connectivity index (χ0v) is 16.0. The summed E-state index contributed by atoms with van der Waals surface area (Å²) in [5.74, 6) is 0. The minimum atomic E-state index is -0.614. The molecule has 2 amide bonds. The number of carbonyl (C=O) groups excluding carboxylic acids is 1. The van der Waals surface area contributed by atoms with E-state index in [1.165, 1.54) is 0 Å². The first-order valence-electron chi connectivity index (χ1n) is 7.76. The predicted octanol–water partition coefficient (Wildman–Crippen LogP) is 4.75. The molecule has 24 heavy (non-hydrogen) atoms. The third-order valence-corrected chi connectivity index (χ3v) is 4.43. The van der Waals surface area contributed by atoms with Crippen molar-refractivity contribution < 1.29 is 9.53 Å². The molecule has 0 aliphatic carbocycles. The number of rotatable bonds is 5. The van der Waals surface area contributed by atoms with Crippen LogP contribution in [0.3, 0.4) is 0 Å². The van der Waals surface area contributed by atoms with E-state index in [1.54, 1.807) is 7.11 Å². The van der Waals surface area contributed by atoms with Crippen LogP contribution in [0.25, 0.3) is 0 Å². The fourth-order valence-electron chi connectivity index (χ4n) is 2.79. The summed E-state index contributed by atoms with van der Waals surface area (Å²) in [6.45, 7) is 6.27. The van der Waals surface area contributed by atoms with Crippen molar-refractivity contribution in [2.75, 3.05) is 19.0 Å². The average molecular weight is 391 g/mol. The highest BCUT2D eigenvalue weighted by atomic mass is 79.9. The highest BCUT2D eigenvalue weighted by Crippen LogP contribution is 2.26. The number of anilines is 1. The summed E-state index contributed by atoms with van der Waals surface area (Å²) < 4.78 is 6.32. The van der Waals surface area contributed by atoms with Crippen LogP contribution in [0.1, 0.15) is 23.6 Å². The molecule has 4 nitrogen and oxygen atoms in total. The van der Waals surface area contributed by atoms with Crippen molar-refractivity contribution in [2.24, 2.45) is 0 Å². The average Bonchev–Trinajstić information content (AvgIpc) is 2.52. The molecule has 0 aliphatic rings. The predicted molar refractivity (Wildman–Crippen MR) is 101 cm³/mol. The molecule has 0 radical (unpaired) electrons. The molecule has 0 heterocycles. The fourth-order valence-corrected chi connectivity index (χ4v) is 3.48. The molecule has 1 atom stereocenters. The Morgan fingerprint density at radius 3 is 2.29 bits per heavy atom. The molecular weight excluding hydrogens is 368 g/mol. The van der Waals surface area contributed by atoms with Gasteiger partial charge in [-0.1, -0.05) is 46.3 Å². The molecule has 0 aliphatic heterocycles. The van der Waals surface area contributed by atoms with Gasteiger partial charge in [-0.05, 0) is 49.6 Å². The minimum absolute atomic E-state index is 0.257. The lowest BCUT2D eigenvalue weighted by atomic mass is 9.93. The molecule has 0 spiro atoms. The quantitative estimate of drug-likeness (QED) is 0.773. The Labute approximate surface area is 151 Å². The number of halogens is 1. The van der Waals surface area contributed by atoms with Crippen LogP contribution in [0.2, 0.25) is 0 Å². The third kappa shape index (κ3) is 4.36. The van der Waals surface area contributed by atoms with E-state index in [0.29, 0.717) is 6.61 Å². The van der Waals surface area contributed by atoms with Crippen LogP contribution in [-0.4, -0.2) is 19.7 Å². The van der Waals surface area contributed by atoms with E-state index in [-0.39, 0.29) is 6.03 Å². The topological polar surface area (TPSA) is 50.4 Å². The Kier molecular flexibility index (Phi) is 6.02. The van der Waals surface area contributed by atoms with E-state index in [0.717, 1.165) is 26.9 Å². The number of aryl methyl sites for hydroxylation is 2. The van der Waals surface area contributed by atoms with Crippen molar-refractivity contribution >= 4 is 27.6 Å². The Hall–Kier alpha value is -1.85. The van der Waals surface area contributed by atoms with Gasteiger partial charge in [0.2, 0.25) is 0 Å². The van der Waals surface area contributed by atoms with E-state index in [1.807, 2.05) is 63.2 Å². The Morgan fingerprint density at radius 1 is 1.17 bits per heavy atom. The number of methoxy groups -OCH3 is 1. The SMILES string of the molecule is COCC(C)(NC(=O)Nc1c(C)cc(Br)cc1C)c1ccccc1. The maximum atomic E-state index is 12.6. The molecule has 2 N–H and O–H groups in total. The van der Waals surface area contributed by atoms with Gasteiger partial charge in [0.15, 0.2) is 0 Å². The summed E-state index contributed by atoms with van der Waals surface area (Å²) in [6.07, 6.45) is 0. The zero-order valence-electron chi connectivity index (χ0n) is 14.4. The van der Waals surface area contributed by atoms with Gasteiger partial charge in [-0.25, -0.2) is 4.79 Å². The number of hydrogen-bond acceptors (Lipinski definition) is 2. The molecule has 0 saturated heterocycles. The first kappa shape index (κ1) is 18.5. The second-order valence-corrected chi connectivity index (χ2v) is 7.04. The van der Waals surface area contributed by atoms with E-state index < -0.39 is 5.54 Å². The third-order valence-electron chi connectivity index (χ3n) is 3.97. The number of ether oxygens (including phenoxy) is 1. The Bertz CT molecular complexity index is 696. The van der Waals surface area contributed by atoms with Crippen LogP contribution in [0.4, 0.5) is 10.5 Å². The van der Waals surface area contributed by atoms with Gasteiger partial charge in [-0.2, -0.15) is 0 Å². The monoisotopic (exact) mass is 390 g/mol. The number of urea groups is 1. The summed E-state index contributed by atoms with van der Waals surface area (Å²) >= 11 is 3.47. The molecule has 1 unspecified atom stereocenters. The van der Waals surface area contributed by atoms with Gasteiger partial charge < -0.3 is 15.4 Å². The Balaban J connectivity index is 2.21. The van der Waals surface area contributed by atoms with Crippen molar-refractivity contribution in [2.45, 2.75) is 26.3 Å². The Morgan fingerprint density at radius 2 is 1.75 bits per heavy atom. The van der Waals surface area contributed by atoms with E-state index >= 15 is 0 Å². The molecule has 0 bridgehead atoms. The molecule has 2 rings (SSSR count). The lowest BCUT2D eigenvalue weighted by Crippen LogP contribution is -2.48. The number of carbonyl (C=O) groups is 1. The number of nitrogens with one attached hydrogen (secondary N) is 2. The van der Waals surface area contributed by atoms with Crippen LogP contribution in [-0.2, 0) is 10.3 Å². The summed E-state index contributed by atoms with van der Waals surface area (Å²) in [5.41, 5.74) is 3.21. The summed E-state index contributed by atoms with van der Waals surface area (Å²) in [7, 11) is 1.63. The standard InChI is InChI=1S/C19H23BrN2O2/c1-13-10-16(20)11-14(2)17(13)21-18(23)22-19(3,12-24-4)15-8-6-5-7-9-15/h5-11H,12H2,1-4H3,(H2,21,22,23). The maximum absolute atomic E-state index is 12.6. The summed E-state index contributed by atoms with van der Waals surface area (Å²) in [4.78, 5) is 12.6. The fraction of sp³-hybridized carbons (Fsp3) is 0.316. The van der Waals surface area contributed by atoms with Gasteiger partial charge in [0.25, 0.3) is 0 Å². The lowest BCUT2D eigenvalue weighted by molar-refractivity contribution is 0.123. The van der Waals surface area contributed by atoms with Crippen molar-refractivity contribution in [1.29, 1.82) is 0 Å². The highest BCUT2D eigenvalue weighted by Gasteiger charge is 2.28. The van der Waals surface area contributed by atoms with Crippen molar-refractivity contribution in [3.63, 3.8) is 0 Å². The van der Waals surface area contributed by atoms with Crippen molar-refractivity contribution in [3.05, 3.63) is 63.6 Å². The van der Waals surface area contributed by atoms with Gasteiger partial charge in [-0.15, -0.1) is 0 Å². The normalized spacial score (nSPS) is 13.2. The first-order valence-corrected chi connectivity index (χ1v) is 8.55. The van der Waals surface area contributed by atoms with Gasteiger partial charge in [0.05, 0.1) is 12.1 Å². The number of benzene rings is 2. The van der Waals surface area contributed by atoms with E-state index in [4.69, 9.17) is 4.74 Å². The molecule has 2 aromatic carbocycles. The number of amides is 2. The molecule has 2 aromatic rings. The second-order valence-electron chi connectivity index (χ2n) is 6.12. The molecule has 0 fully saturated rings. The number of hydrogen-bond donors (Lipinski definition) is 2. The van der Waals surface area contributed by atoms with Gasteiger partial charge >= 0.3 is 6.03 Å². The molecule has 5 heteroatoms. The van der Waals surface area contributed by atoms with E-state index in [9.17, 15) is 4.79 Å². The van der Waals surface area contributed by atoms with Crippen LogP contribution in [0, 0.1) is 13.8 Å². The van der Waals surface area contributed by atoms with Gasteiger partial charge in [0.1, 0.15) is 0 Å². The lowest BCUT2D eigenvalue weighted by Gasteiger charge is -2.31. The van der Waals surface area contributed by atoms with Gasteiger partial charge in [-0.3, -0.25) is 0 Å². The summed E-state index contributed by atoms with van der Waals surface area (Å²) in [5, 5.41) is 6.00. The van der Waals surface area contributed by atoms with Crippen LogP contribution in [0.5, 0.6) is 0 Å². The summed E-state index contributed by atoms with van der Waals surface area (Å²) in [6, 6.07) is 13.5. The molecular formula is C19H23BrN2O2. The van der Waals surface area contributed by atoms with Gasteiger partial charge in [0, 0.05) is 17.3 Å². The molecule has 0 saturated carbocycles. The van der Waals surface area contributed by atoms with Crippen LogP contribution >= 0.6 is 15.9 Å². The van der Waals surface area contributed by atoms with E-state index in [2.05, 4.69) is 26.6 Å². The highest BCUT2D eigenvalue weighted by molar-refractivity contribution is 9.10. The van der Waals surface area contributed by atoms with Crippen molar-refractivity contribution in [1.82, 2.24) is 5.32 Å². The largest absolute Gasteiger partial charge is 0.382 e. The van der Waals surface area contributed by atoms with Crippen LogP contribution < -0.4 is 10.6 Å². The molecule has 128 valence electrons. The van der Waals surface area contributed by atoms with Crippen LogP contribution in [0.15, 0.2) is 46.9 Å². The van der Waals surface area contributed by atoms with Crippen molar-refractivity contribution in [3.8, 4) is 0 Å². The smallest absolute Gasteiger partial charge is 0.320 e. The molecule has 0 aromatic heterocycles. The maximum Gasteiger partial charge on any atom is 0.320 e.